The minimum atomic E-state index is -0.227. The first-order valence-electron chi connectivity index (χ1n) is 5.60. The lowest BCUT2D eigenvalue weighted by atomic mass is 10.1. The van der Waals surface area contributed by atoms with Crippen LogP contribution in [0.1, 0.15) is 11.1 Å². The van der Waals surface area contributed by atoms with Gasteiger partial charge in [-0.2, -0.15) is 0 Å². The Kier molecular flexibility index (Phi) is 4.17. The molecule has 0 radical (unpaired) electrons. The molecule has 2 aromatic rings. The summed E-state index contributed by atoms with van der Waals surface area (Å²) in [4.78, 5) is 0.300. The first-order valence-corrected chi connectivity index (χ1v) is 6.80. The summed E-state index contributed by atoms with van der Waals surface area (Å²) < 4.78 is 14.1. The summed E-state index contributed by atoms with van der Waals surface area (Å²) in [5, 5.41) is 3.20. The Morgan fingerprint density at radius 1 is 1.32 bits per heavy atom. The van der Waals surface area contributed by atoms with Gasteiger partial charge in [0, 0.05) is 21.4 Å². The van der Waals surface area contributed by atoms with Crippen LogP contribution in [0.25, 0.3) is 0 Å². The van der Waals surface area contributed by atoms with Crippen molar-refractivity contribution < 1.29 is 4.39 Å². The molecule has 0 aliphatic rings. The van der Waals surface area contributed by atoms with Gasteiger partial charge in [-0.15, -0.1) is 0 Å². The van der Waals surface area contributed by atoms with Gasteiger partial charge in [0.15, 0.2) is 0 Å². The van der Waals surface area contributed by atoms with Gasteiger partial charge < -0.3 is 11.1 Å². The van der Waals surface area contributed by atoms with Crippen molar-refractivity contribution in [3.05, 3.63) is 57.8 Å². The van der Waals surface area contributed by atoms with Crippen LogP contribution in [0.5, 0.6) is 0 Å². The third kappa shape index (κ3) is 3.11. The normalized spacial score (nSPS) is 10.3. The lowest BCUT2D eigenvalue weighted by Gasteiger charge is -2.13. The molecule has 0 amide bonds. The number of nitrogens with two attached hydrogens (primary N) is 1. The molecule has 0 heterocycles. The number of rotatable bonds is 3. The SMILES string of the molecule is Cc1cc(Nc2cccc(Br)c2C(N)=S)ccc1F. The van der Waals surface area contributed by atoms with Crippen molar-refractivity contribution in [2.75, 3.05) is 5.32 Å². The number of hydrogen-bond acceptors (Lipinski definition) is 2. The highest BCUT2D eigenvalue weighted by molar-refractivity contribution is 9.10. The highest BCUT2D eigenvalue weighted by Gasteiger charge is 2.10. The molecule has 2 nitrogen and oxygen atoms in total. The lowest BCUT2D eigenvalue weighted by Crippen LogP contribution is -2.12. The van der Waals surface area contributed by atoms with Gasteiger partial charge in [-0.25, -0.2) is 4.39 Å². The van der Waals surface area contributed by atoms with Gasteiger partial charge in [0.2, 0.25) is 0 Å². The minimum Gasteiger partial charge on any atom is -0.389 e. The Balaban J connectivity index is 2.40. The first-order chi connectivity index (χ1) is 8.99. The average Bonchev–Trinajstić information content (AvgIpc) is 2.33. The molecule has 0 saturated heterocycles. The topological polar surface area (TPSA) is 38.0 Å². The maximum absolute atomic E-state index is 13.2. The van der Waals surface area contributed by atoms with E-state index in [4.69, 9.17) is 18.0 Å². The molecular weight excluding hydrogens is 327 g/mol. The quantitative estimate of drug-likeness (QED) is 0.820. The molecule has 0 aliphatic heterocycles. The zero-order valence-electron chi connectivity index (χ0n) is 10.2. The van der Waals surface area contributed by atoms with Crippen LogP contribution >= 0.6 is 28.1 Å². The van der Waals surface area contributed by atoms with E-state index < -0.39 is 0 Å². The predicted octanol–water partition coefficient (Wildman–Crippen LogP) is 4.27. The second-order valence-corrected chi connectivity index (χ2v) is 5.41. The fourth-order valence-corrected chi connectivity index (χ4v) is 2.69. The van der Waals surface area contributed by atoms with Crippen LogP contribution in [0.15, 0.2) is 40.9 Å². The van der Waals surface area contributed by atoms with Gasteiger partial charge >= 0.3 is 0 Å². The Bertz CT molecular complexity index is 643. The highest BCUT2D eigenvalue weighted by atomic mass is 79.9. The van der Waals surface area contributed by atoms with Crippen LogP contribution in [0.2, 0.25) is 0 Å². The van der Waals surface area contributed by atoms with Crippen LogP contribution in [-0.2, 0) is 0 Å². The second-order valence-electron chi connectivity index (χ2n) is 4.12. The van der Waals surface area contributed by atoms with Crippen LogP contribution < -0.4 is 11.1 Å². The third-order valence-corrected chi connectivity index (χ3v) is 3.56. The molecule has 0 unspecified atom stereocenters. The standard InChI is InChI=1S/C14H12BrFN2S/c1-8-7-9(5-6-11(8)16)18-12-4-2-3-10(15)13(12)14(17)19/h2-7,18H,1H3,(H2,17,19). The molecule has 2 aromatic carbocycles. The monoisotopic (exact) mass is 338 g/mol. The summed E-state index contributed by atoms with van der Waals surface area (Å²) in [6, 6.07) is 10.5. The summed E-state index contributed by atoms with van der Waals surface area (Å²) in [5.41, 5.74) is 8.61. The van der Waals surface area contributed by atoms with Gasteiger partial charge in [0.25, 0.3) is 0 Å². The molecule has 2 rings (SSSR count). The fraction of sp³-hybridized carbons (Fsp3) is 0.0714. The Morgan fingerprint density at radius 2 is 2.05 bits per heavy atom. The van der Waals surface area contributed by atoms with Crippen LogP contribution in [0.3, 0.4) is 0 Å². The molecule has 0 aliphatic carbocycles. The number of hydrogen-bond donors (Lipinski definition) is 2. The number of anilines is 2. The number of aryl methyl sites for hydroxylation is 1. The number of thiocarbonyl (C=S) groups is 1. The van der Waals surface area contributed by atoms with Gasteiger partial charge in [0.05, 0.1) is 0 Å². The molecule has 3 N–H and O–H groups in total. The second kappa shape index (κ2) is 5.67. The van der Waals surface area contributed by atoms with Crippen molar-refractivity contribution in [1.29, 1.82) is 0 Å². The average molecular weight is 339 g/mol. The third-order valence-electron chi connectivity index (χ3n) is 2.70. The van der Waals surface area contributed by atoms with E-state index in [-0.39, 0.29) is 5.82 Å². The smallest absolute Gasteiger partial charge is 0.126 e. The molecule has 0 saturated carbocycles. The molecule has 19 heavy (non-hydrogen) atoms. The van der Waals surface area contributed by atoms with E-state index in [1.165, 1.54) is 6.07 Å². The van der Waals surface area contributed by atoms with Crippen molar-refractivity contribution >= 4 is 44.5 Å². The van der Waals surface area contributed by atoms with Crippen LogP contribution in [0.4, 0.5) is 15.8 Å². The minimum absolute atomic E-state index is 0.227. The number of benzene rings is 2. The summed E-state index contributed by atoms with van der Waals surface area (Å²) >= 11 is 8.47. The number of halogens is 2. The van der Waals surface area contributed by atoms with Crippen molar-refractivity contribution in [2.24, 2.45) is 5.73 Å². The maximum atomic E-state index is 13.2. The van der Waals surface area contributed by atoms with Gasteiger partial charge in [0.1, 0.15) is 10.8 Å². The Hall–Kier alpha value is -1.46. The zero-order valence-corrected chi connectivity index (χ0v) is 12.6. The highest BCUT2D eigenvalue weighted by Crippen LogP contribution is 2.28. The Labute approximate surface area is 124 Å². The lowest BCUT2D eigenvalue weighted by molar-refractivity contribution is 0.619. The molecule has 5 heteroatoms. The van der Waals surface area contributed by atoms with E-state index >= 15 is 0 Å². The van der Waals surface area contributed by atoms with Crippen molar-refractivity contribution in [2.45, 2.75) is 6.92 Å². The van der Waals surface area contributed by atoms with Crippen LogP contribution in [0, 0.1) is 12.7 Å². The first kappa shape index (κ1) is 14.0. The van der Waals surface area contributed by atoms with E-state index in [0.29, 0.717) is 10.6 Å². The molecule has 0 fully saturated rings. The van der Waals surface area contributed by atoms with Gasteiger partial charge in [-0.1, -0.05) is 18.3 Å². The molecular formula is C14H12BrFN2S. The molecule has 0 aromatic heterocycles. The van der Waals surface area contributed by atoms with Gasteiger partial charge in [-0.05, 0) is 58.7 Å². The van der Waals surface area contributed by atoms with Crippen molar-refractivity contribution in [3.8, 4) is 0 Å². The largest absolute Gasteiger partial charge is 0.389 e. The predicted molar refractivity (Wildman–Crippen MR) is 84.4 cm³/mol. The summed E-state index contributed by atoms with van der Waals surface area (Å²) in [6.07, 6.45) is 0. The van der Waals surface area contributed by atoms with E-state index in [9.17, 15) is 4.39 Å². The maximum Gasteiger partial charge on any atom is 0.126 e. The molecule has 98 valence electrons. The van der Waals surface area contributed by atoms with Gasteiger partial charge in [-0.3, -0.25) is 0 Å². The van der Waals surface area contributed by atoms with E-state index in [2.05, 4.69) is 21.2 Å². The molecule has 0 atom stereocenters. The molecule has 0 bridgehead atoms. The summed E-state index contributed by atoms with van der Waals surface area (Å²) in [6.45, 7) is 1.72. The van der Waals surface area contributed by atoms with Crippen molar-refractivity contribution in [1.82, 2.24) is 0 Å². The van der Waals surface area contributed by atoms with E-state index in [1.54, 1.807) is 19.1 Å². The van der Waals surface area contributed by atoms with E-state index in [0.717, 1.165) is 21.4 Å². The number of nitrogens with one attached hydrogen (secondary N) is 1. The summed E-state index contributed by atoms with van der Waals surface area (Å²) in [5.74, 6) is -0.227. The van der Waals surface area contributed by atoms with Crippen molar-refractivity contribution in [3.63, 3.8) is 0 Å². The Morgan fingerprint density at radius 3 is 2.68 bits per heavy atom. The molecule has 0 spiro atoms. The van der Waals surface area contributed by atoms with E-state index in [1.807, 2.05) is 18.2 Å². The van der Waals surface area contributed by atoms with Crippen LogP contribution in [-0.4, -0.2) is 4.99 Å². The zero-order chi connectivity index (χ0) is 14.0. The summed E-state index contributed by atoms with van der Waals surface area (Å²) in [7, 11) is 0. The fourth-order valence-electron chi connectivity index (χ4n) is 1.76.